The van der Waals surface area contributed by atoms with E-state index in [0.717, 1.165) is 29.8 Å². The molecule has 1 aliphatic carbocycles. The van der Waals surface area contributed by atoms with Crippen LogP contribution in [0, 0.1) is 0 Å². The molecule has 1 aliphatic rings. The Bertz CT molecular complexity index is 695. The van der Waals surface area contributed by atoms with Gasteiger partial charge in [-0.15, -0.1) is 0 Å². The third-order valence-electron chi connectivity index (χ3n) is 4.60. The van der Waals surface area contributed by atoms with E-state index in [-0.39, 0.29) is 12.1 Å². The number of methoxy groups -OCH3 is 1. The summed E-state index contributed by atoms with van der Waals surface area (Å²) in [5.74, 6) is 1.39. The number of hydrogen-bond donors (Lipinski definition) is 3. The van der Waals surface area contributed by atoms with E-state index in [2.05, 4.69) is 20.9 Å². The van der Waals surface area contributed by atoms with Gasteiger partial charge in [0, 0.05) is 12.6 Å². The molecule has 1 saturated carbocycles. The minimum Gasteiger partial charge on any atom is -0.497 e. The monoisotopic (exact) mass is 354 g/mol. The van der Waals surface area contributed by atoms with Crippen LogP contribution in [0.4, 0.5) is 16.3 Å². The van der Waals surface area contributed by atoms with Gasteiger partial charge >= 0.3 is 6.03 Å². The molecule has 1 aromatic carbocycles. The Morgan fingerprint density at radius 1 is 1.12 bits per heavy atom. The number of ether oxygens (including phenoxy) is 1. The summed E-state index contributed by atoms with van der Waals surface area (Å²) in [6.45, 7) is 0.695. The van der Waals surface area contributed by atoms with Crippen molar-refractivity contribution in [3.63, 3.8) is 0 Å². The van der Waals surface area contributed by atoms with Crippen molar-refractivity contribution < 1.29 is 9.53 Å². The van der Waals surface area contributed by atoms with E-state index in [9.17, 15) is 4.79 Å². The van der Waals surface area contributed by atoms with Crippen molar-refractivity contribution in [1.29, 1.82) is 0 Å². The van der Waals surface area contributed by atoms with Crippen LogP contribution in [0.2, 0.25) is 0 Å². The Balaban J connectivity index is 1.45. The molecule has 26 heavy (non-hydrogen) atoms. The van der Waals surface area contributed by atoms with E-state index in [1.54, 1.807) is 19.4 Å². The highest BCUT2D eigenvalue weighted by Crippen LogP contribution is 2.18. The van der Waals surface area contributed by atoms with E-state index < -0.39 is 0 Å². The zero-order chi connectivity index (χ0) is 18.2. The normalized spacial score (nSPS) is 14.5. The van der Waals surface area contributed by atoms with Gasteiger partial charge in [0.25, 0.3) is 0 Å². The first-order valence-electron chi connectivity index (χ1n) is 9.13. The van der Waals surface area contributed by atoms with Gasteiger partial charge in [-0.25, -0.2) is 9.78 Å². The number of carbonyl (C=O) groups excluding carboxylic acids is 1. The molecule has 1 fully saturated rings. The molecule has 0 bridgehead atoms. The van der Waals surface area contributed by atoms with E-state index >= 15 is 0 Å². The van der Waals surface area contributed by atoms with E-state index in [4.69, 9.17) is 4.74 Å². The van der Waals surface area contributed by atoms with E-state index in [1.165, 1.54) is 19.3 Å². The molecule has 0 spiro atoms. The molecule has 0 atom stereocenters. The van der Waals surface area contributed by atoms with E-state index in [1.807, 2.05) is 30.3 Å². The zero-order valence-electron chi connectivity index (χ0n) is 15.1. The topological polar surface area (TPSA) is 75.3 Å². The van der Waals surface area contributed by atoms with Crippen LogP contribution in [0.1, 0.15) is 37.7 Å². The van der Waals surface area contributed by atoms with Gasteiger partial charge in [0.2, 0.25) is 0 Å². The standard InChI is InChI=1S/C20H26N4O2/c1-26-18-10-7-15(8-11-18)13-21-17-9-12-19(22-14-17)24-20(25)23-16-5-3-2-4-6-16/h7-12,14,16,21H,2-6,13H2,1H3,(H2,22,23,24,25). The number of anilines is 2. The average molecular weight is 354 g/mol. The molecular weight excluding hydrogens is 328 g/mol. The maximum absolute atomic E-state index is 12.0. The lowest BCUT2D eigenvalue weighted by Crippen LogP contribution is -2.39. The molecule has 1 heterocycles. The summed E-state index contributed by atoms with van der Waals surface area (Å²) in [4.78, 5) is 16.3. The van der Waals surface area contributed by atoms with Crippen LogP contribution in [0.3, 0.4) is 0 Å². The SMILES string of the molecule is COc1ccc(CNc2ccc(NC(=O)NC3CCCCC3)nc2)cc1. The van der Waals surface area contributed by atoms with Crippen LogP contribution in [0.5, 0.6) is 5.75 Å². The summed E-state index contributed by atoms with van der Waals surface area (Å²) in [5.41, 5.74) is 2.05. The molecule has 1 aromatic heterocycles. The van der Waals surface area contributed by atoms with Crippen molar-refractivity contribution in [3.8, 4) is 5.75 Å². The fourth-order valence-corrected chi connectivity index (χ4v) is 3.10. The largest absolute Gasteiger partial charge is 0.497 e. The highest BCUT2D eigenvalue weighted by Gasteiger charge is 2.15. The Morgan fingerprint density at radius 2 is 1.88 bits per heavy atom. The minimum absolute atomic E-state index is 0.177. The Labute approximate surface area is 154 Å². The maximum Gasteiger partial charge on any atom is 0.320 e. The van der Waals surface area contributed by atoms with Crippen molar-refractivity contribution in [1.82, 2.24) is 10.3 Å². The third-order valence-corrected chi connectivity index (χ3v) is 4.60. The zero-order valence-corrected chi connectivity index (χ0v) is 15.1. The fourth-order valence-electron chi connectivity index (χ4n) is 3.10. The summed E-state index contributed by atoms with van der Waals surface area (Å²) in [5, 5.41) is 9.14. The van der Waals surface area contributed by atoms with Gasteiger partial charge in [-0.1, -0.05) is 31.4 Å². The first kappa shape index (κ1) is 18.0. The van der Waals surface area contributed by atoms with Crippen LogP contribution in [0.25, 0.3) is 0 Å². The van der Waals surface area contributed by atoms with Gasteiger partial charge in [-0.3, -0.25) is 5.32 Å². The summed E-state index contributed by atoms with van der Waals surface area (Å²) in [6, 6.07) is 11.7. The van der Waals surface area contributed by atoms with E-state index in [0.29, 0.717) is 12.4 Å². The molecule has 2 aromatic rings. The van der Waals surface area contributed by atoms with Crippen molar-refractivity contribution in [2.75, 3.05) is 17.7 Å². The third kappa shape index (κ3) is 5.37. The molecule has 6 nitrogen and oxygen atoms in total. The molecule has 0 radical (unpaired) electrons. The minimum atomic E-state index is -0.177. The molecule has 6 heteroatoms. The average Bonchev–Trinajstić information content (AvgIpc) is 2.68. The lowest BCUT2D eigenvalue weighted by atomic mass is 9.96. The highest BCUT2D eigenvalue weighted by molar-refractivity contribution is 5.88. The summed E-state index contributed by atoms with van der Waals surface area (Å²) in [7, 11) is 1.66. The first-order valence-corrected chi connectivity index (χ1v) is 9.13. The van der Waals surface area contributed by atoms with Gasteiger partial charge < -0.3 is 15.4 Å². The Hall–Kier alpha value is -2.76. The second kappa shape index (κ2) is 9.08. The van der Waals surface area contributed by atoms with Crippen molar-refractivity contribution >= 4 is 17.5 Å². The van der Waals surface area contributed by atoms with Crippen LogP contribution in [-0.2, 0) is 6.54 Å². The van der Waals surface area contributed by atoms with Crippen LogP contribution in [0.15, 0.2) is 42.6 Å². The summed E-state index contributed by atoms with van der Waals surface area (Å²) in [6.07, 6.45) is 7.51. The Morgan fingerprint density at radius 3 is 2.54 bits per heavy atom. The van der Waals surface area contributed by atoms with Crippen molar-refractivity contribution in [2.45, 2.75) is 44.7 Å². The summed E-state index contributed by atoms with van der Waals surface area (Å²) < 4.78 is 5.15. The maximum atomic E-state index is 12.0. The van der Waals surface area contributed by atoms with Gasteiger partial charge in [0.15, 0.2) is 0 Å². The number of aromatic nitrogens is 1. The molecule has 138 valence electrons. The number of carbonyl (C=O) groups is 1. The molecule has 0 unspecified atom stereocenters. The quantitative estimate of drug-likeness (QED) is 0.728. The molecule has 0 aliphatic heterocycles. The number of urea groups is 1. The molecular formula is C20H26N4O2. The number of nitrogens with zero attached hydrogens (tertiary/aromatic N) is 1. The number of benzene rings is 1. The lowest BCUT2D eigenvalue weighted by molar-refractivity contribution is 0.244. The fraction of sp³-hybridized carbons (Fsp3) is 0.400. The van der Waals surface area contributed by atoms with Gasteiger partial charge in [-0.2, -0.15) is 0 Å². The molecule has 3 N–H and O–H groups in total. The Kier molecular flexibility index (Phi) is 6.30. The van der Waals surface area contributed by atoms with Crippen LogP contribution in [-0.4, -0.2) is 24.2 Å². The first-order chi connectivity index (χ1) is 12.7. The summed E-state index contributed by atoms with van der Waals surface area (Å²) >= 11 is 0. The highest BCUT2D eigenvalue weighted by atomic mass is 16.5. The second-order valence-corrected chi connectivity index (χ2v) is 6.57. The number of rotatable bonds is 6. The van der Waals surface area contributed by atoms with Gasteiger partial charge in [-0.05, 0) is 42.7 Å². The number of pyridine rings is 1. The van der Waals surface area contributed by atoms with Crippen LogP contribution < -0.4 is 20.7 Å². The molecule has 2 amide bonds. The number of amides is 2. The second-order valence-electron chi connectivity index (χ2n) is 6.57. The molecule has 0 saturated heterocycles. The van der Waals surface area contributed by atoms with Gasteiger partial charge in [0.05, 0.1) is 19.0 Å². The lowest BCUT2D eigenvalue weighted by Gasteiger charge is -2.22. The molecule has 3 rings (SSSR count). The van der Waals surface area contributed by atoms with Crippen molar-refractivity contribution in [2.24, 2.45) is 0 Å². The number of hydrogen-bond acceptors (Lipinski definition) is 4. The predicted molar refractivity (Wildman–Crippen MR) is 104 cm³/mol. The predicted octanol–water partition coefficient (Wildman–Crippen LogP) is 4.16. The van der Waals surface area contributed by atoms with Crippen LogP contribution >= 0.6 is 0 Å². The smallest absolute Gasteiger partial charge is 0.320 e. The van der Waals surface area contributed by atoms with Crippen molar-refractivity contribution in [3.05, 3.63) is 48.2 Å². The number of nitrogens with one attached hydrogen (secondary N) is 3. The van der Waals surface area contributed by atoms with Gasteiger partial charge in [0.1, 0.15) is 11.6 Å².